The standard InChI is InChI=1S/C22H28N4O2S/c1-25(2)10-8-23-21(27)16-6-5-15-13-19(22(28)24-9-11-26(3)4)20-17(7-12-29-20)18(15)14-16/h5-7,12-14H,8-11H2,1-4H3,(H,23,27)(H,24,28). The first-order valence-electron chi connectivity index (χ1n) is 9.66. The number of thiophene rings is 1. The highest BCUT2D eigenvalue weighted by Crippen LogP contribution is 2.33. The lowest BCUT2D eigenvalue weighted by Crippen LogP contribution is -2.31. The molecule has 2 N–H and O–H groups in total. The van der Waals surface area contributed by atoms with Gasteiger partial charge in [0.15, 0.2) is 0 Å². The first-order chi connectivity index (χ1) is 13.9. The second-order valence-electron chi connectivity index (χ2n) is 7.64. The highest BCUT2D eigenvalue weighted by atomic mass is 32.1. The molecule has 0 aliphatic heterocycles. The van der Waals surface area contributed by atoms with Crippen LogP contribution in [0.4, 0.5) is 0 Å². The molecule has 29 heavy (non-hydrogen) atoms. The Bertz CT molecular complexity index is 1030. The molecule has 1 aromatic heterocycles. The molecule has 0 aliphatic rings. The molecule has 0 aliphatic carbocycles. The van der Waals surface area contributed by atoms with Crippen LogP contribution in [0.5, 0.6) is 0 Å². The van der Waals surface area contributed by atoms with Gasteiger partial charge in [0.1, 0.15) is 0 Å². The Kier molecular flexibility index (Phi) is 6.84. The van der Waals surface area contributed by atoms with Crippen molar-refractivity contribution in [3.05, 3.63) is 46.8 Å². The van der Waals surface area contributed by atoms with E-state index in [1.807, 2.05) is 73.7 Å². The fraction of sp³-hybridized carbons (Fsp3) is 0.364. The number of amides is 2. The first-order valence-corrected chi connectivity index (χ1v) is 10.5. The van der Waals surface area contributed by atoms with Gasteiger partial charge in [0.25, 0.3) is 11.8 Å². The summed E-state index contributed by atoms with van der Waals surface area (Å²) in [7, 11) is 7.91. The molecule has 0 spiro atoms. The van der Waals surface area contributed by atoms with Crippen molar-refractivity contribution in [2.45, 2.75) is 0 Å². The van der Waals surface area contributed by atoms with Crippen LogP contribution < -0.4 is 10.6 Å². The van der Waals surface area contributed by atoms with Gasteiger partial charge in [-0.3, -0.25) is 9.59 Å². The molecule has 3 aromatic rings. The van der Waals surface area contributed by atoms with Crippen LogP contribution in [0.3, 0.4) is 0 Å². The van der Waals surface area contributed by atoms with Crippen LogP contribution in [0, 0.1) is 0 Å². The van der Waals surface area contributed by atoms with E-state index in [0.717, 1.165) is 33.9 Å². The minimum atomic E-state index is -0.0809. The lowest BCUT2D eigenvalue weighted by molar-refractivity contribution is 0.0943. The van der Waals surface area contributed by atoms with Gasteiger partial charge in [-0.25, -0.2) is 0 Å². The Morgan fingerprint density at radius 2 is 1.52 bits per heavy atom. The largest absolute Gasteiger partial charge is 0.351 e. The highest BCUT2D eigenvalue weighted by Gasteiger charge is 2.15. The molecule has 1 heterocycles. The molecule has 2 amide bonds. The Morgan fingerprint density at radius 3 is 2.17 bits per heavy atom. The number of hydrogen-bond donors (Lipinski definition) is 2. The molecule has 0 unspecified atom stereocenters. The van der Waals surface area contributed by atoms with Crippen LogP contribution in [-0.4, -0.2) is 76.0 Å². The van der Waals surface area contributed by atoms with Gasteiger partial charge in [-0.15, -0.1) is 11.3 Å². The number of nitrogens with one attached hydrogen (secondary N) is 2. The van der Waals surface area contributed by atoms with Crippen molar-refractivity contribution in [1.82, 2.24) is 20.4 Å². The van der Waals surface area contributed by atoms with Gasteiger partial charge in [-0.05, 0) is 68.6 Å². The van der Waals surface area contributed by atoms with Gasteiger partial charge in [-0.1, -0.05) is 6.07 Å². The zero-order chi connectivity index (χ0) is 21.0. The number of carbonyl (C=O) groups excluding carboxylic acids is 2. The molecule has 3 rings (SSSR count). The van der Waals surface area contributed by atoms with Crippen molar-refractivity contribution in [3.63, 3.8) is 0 Å². The number of rotatable bonds is 8. The summed E-state index contributed by atoms with van der Waals surface area (Å²) in [5.41, 5.74) is 1.32. The molecule has 154 valence electrons. The van der Waals surface area contributed by atoms with Crippen LogP contribution >= 0.6 is 11.3 Å². The maximum absolute atomic E-state index is 12.7. The van der Waals surface area contributed by atoms with Gasteiger partial charge in [0.2, 0.25) is 0 Å². The van der Waals surface area contributed by atoms with E-state index in [9.17, 15) is 9.59 Å². The van der Waals surface area contributed by atoms with Crippen LogP contribution in [-0.2, 0) is 0 Å². The Balaban J connectivity index is 1.89. The van der Waals surface area contributed by atoms with Gasteiger partial charge in [0, 0.05) is 41.8 Å². The van der Waals surface area contributed by atoms with Crippen molar-refractivity contribution in [2.24, 2.45) is 0 Å². The molecule has 0 fully saturated rings. The molecule has 0 bridgehead atoms. The second-order valence-corrected chi connectivity index (χ2v) is 8.56. The highest BCUT2D eigenvalue weighted by molar-refractivity contribution is 7.17. The first kappa shape index (κ1) is 21.2. The van der Waals surface area contributed by atoms with Crippen molar-refractivity contribution >= 4 is 44.0 Å². The summed E-state index contributed by atoms with van der Waals surface area (Å²) in [6.07, 6.45) is 0. The maximum atomic E-state index is 12.7. The summed E-state index contributed by atoms with van der Waals surface area (Å²) in [6, 6.07) is 9.60. The summed E-state index contributed by atoms with van der Waals surface area (Å²) in [6.45, 7) is 2.78. The molecular weight excluding hydrogens is 384 g/mol. The van der Waals surface area contributed by atoms with E-state index in [1.165, 1.54) is 0 Å². The number of hydrogen-bond acceptors (Lipinski definition) is 5. The fourth-order valence-corrected chi connectivity index (χ4v) is 4.08. The Morgan fingerprint density at radius 1 is 0.862 bits per heavy atom. The topological polar surface area (TPSA) is 64.7 Å². The molecular formula is C22H28N4O2S. The Hall–Kier alpha value is -2.48. The third-order valence-electron chi connectivity index (χ3n) is 4.75. The van der Waals surface area contributed by atoms with Crippen LogP contribution in [0.25, 0.3) is 20.9 Å². The lowest BCUT2D eigenvalue weighted by atomic mass is 10.00. The monoisotopic (exact) mass is 412 g/mol. The minimum absolute atomic E-state index is 0.0632. The lowest BCUT2D eigenvalue weighted by Gasteiger charge is -2.13. The fourth-order valence-electron chi connectivity index (χ4n) is 3.16. The van der Waals surface area contributed by atoms with Gasteiger partial charge >= 0.3 is 0 Å². The number of likely N-dealkylation sites (N-methyl/N-ethyl adjacent to an activating group) is 2. The van der Waals surface area contributed by atoms with E-state index in [-0.39, 0.29) is 11.8 Å². The van der Waals surface area contributed by atoms with E-state index in [1.54, 1.807) is 11.3 Å². The maximum Gasteiger partial charge on any atom is 0.252 e. The smallest absolute Gasteiger partial charge is 0.252 e. The normalized spacial score (nSPS) is 11.5. The third kappa shape index (κ3) is 5.12. The third-order valence-corrected chi connectivity index (χ3v) is 5.70. The molecule has 0 saturated heterocycles. The van der Waals surface area contributed by atoms with Crippen molar-refractivity contribution in [3.8, 4) is 0 Å². The van der Waals surface area contributed by atoms with Crippen LogP contribution in [0.1, 0.15) is 20.7 Å². The van der Waals surface area contributed by atoms with Crippen molar-refractivity contribution in [1.29, 1.82) is 0 Å². The second kappa shape index (κ2) is 9.35. The number of fused-ring (bicyclic) bond motifs is 3. The van der Waals surface area contributed by atoms with Gasteiger partial charge < -0.3 is 20.4 Å². The van der Waals surface area contributed by atoms with E-state index >= 15 is 0 Å². The number of benzene rings is 2. The van der Waals surface area contributed by atoms with E-state index in [2.05, 4.69) is 10.6 Å². The summed E-state index contributed by atoms with van der Waals surface area (Å²) in [4.78, 5) is 29.3. The van der Waals surface area contributed by atoms with E-state index < -0.39 is 0 Å². The average molecular weight is 413 g/mol. The predicted molar refractivity (Wildman–Crippen MR) is 121 cm³/mol. The molecule has 0 atom stereocenters. The summed E-state index contributed by atoms with van der Waals surface area (Å²) >= 11 is 1.55. The molecule has 7 heteroatoms. The van der Waals surface area contributed by atoms with E-state index in [0.29, 0.717) is 24.2 Å². The van der Waals surface area contributed by atoms with Gasteiger partial charge in [-0.2, -0.15) is 0 Å². The molecule has 0 radical (unpaired) electrons. The van der Waals surface area contributed by atoms with Gasteiger partial charge in [0.05, 0.1) is 5.56 Å². The molecule has 6 nitrogen and oxygen atoms in total. The predicted octanol–water partition coefficient (Wildman–Crippen LogP) is 2.64. The quantitative estimate of drug-likeness (QED) is 0.597. The van der Waals surface area contributed by atoms with Crippen molar-refractivity contribution in [2.75, 3.05) is 54.4 Å². The summed E-state index contributed by atoms with van der Waals surface area (Å²) in [5.74, 6) is -0.144. The van der Waals surface area contributed by atoms with Crippen LogP contribution in [0.2, 0.25) is 0 Å². The van der Waals surface area contributed by atoms with Crippen LogP contribution in [0.15, 0.2) is 35.7 Å². The number of carbonyl (C=O) groups is 2. The van der Waals surface area contributed by atoms with E-state index in [4.69, 9.17) is 0 Å². The summed E-state index contributed by atoms with van der Waals surface area (Å²) in [5, 5.41) is 10.9. The minimum Gasteiger partial charge on any atom is -0.351 e. The average Bonchev–Trinajstić information content (AvgIpc) is 3.16. The summed E-state index contributed by atoms with van der Waals surface area (Å²) < 4.78 is 0.949. The molecule has 0 saturated carbocycles. The molecule has 2 aromatic carbocycles. The SMILES string of the molecule is CN(C)CCNC(=O)c1ccc2cc(C(=O)NCCN(C)C)c3sccc3c2c1. The Labute approximate surface area is 175 Å². The zero-order valence-corrected chi connectivity index (χ0v) is 18.2. The number of nitrogens with zero attached hydrogens (tertiary/aromatic N) is 2. The zero-order valence-electron chi connectivity index (χ0n) is 17.4. The van der Waals surface area contributed by atoms with Crippen molar-refractivity contribution < 1.29 is 9.59 Å².